The van der Waals surface area contributed by atoms with E-state index in [1.165, 1.54) is 19.3 Å². The third-order valence-electron chi connectivity index (χ3n) is 2.86. The van der Waals surface area contributed by atoms with Crippen molar-refractivity contribution in [3.05, 3.63) is 0 Å². The molecule has 0 atom stereocenters. The molecule has 0 aliphatic heterocycles. The van der Waals surface area contributed by atoms with Crippen LogP contribution in [-0.4, -0.2) is 16.4 Å². The van der Waals surface area contributed by atoms with Crippen molar-refractivity contribution in [1.29, 1.82) is 0 Å². The van der Waals surface area contributed by atoms with E-state index in [-0.39, 0.29) is 9.76 Å². The second-order valence-corrected chi connectivity index (χ2v) is 5.39. The van der Waals surface area contributed by atoms with E-state index in [2.05, 4.69) is 27.7 Å². The van der Waals surface area contributed by atoms with Gasteiger partial charge in [-0.1, -0.05) is 40.0 Å². The van der Waals surface area contributed by atoms with Gasteiger partial charge in [0.2, 0.25) is 0 Å². The number of hydrogen-bond acceptors (Lipinski definition) is 1. The van der Waals surface area contributed by atoms with Crippen LogP contribution in [0.5, 0.6) is 0 Å². The topological polar surface area (TPSA) is 9.23 Å². The Hall–Kier alpha value is 0.177. The molecule has 2 heteroatoms. The van der Waals surface area contributed by atoms with Crippen LogP contribution < -0.4 is 0 Å². The van der Waals surface area contributed by atoms with Gasteiger partial charge in [0.15, 0.2) is 9.76 Å². The lowest BCUT2D eigenvalue weighted by Gasteiger charge is -2.28. The number of hydrogen-bond donors (Lipinski definition) is 0. The summed E-state index contributed by atoms with van der Waals surface area (Å²) in [6, 6.07) is 0. The van der Waals surface area contributed by atoms with Gasteiger partial charge >= 0.3 is 0 Å². The fraction of sp³-hybridized carbons (Fsp3) is 1.00. The summed E-state index contributed by atoms with van der Waals surface area (Å²) >= 11 is 0. The van der Waals surface area contributed by atoms with Crippen LogP contribution in [0.25, 0.3) is 0 Å². The highest BCUT2D eigenvalue weighted by Gasteiger charge is 2.24. The summed E-state index contributed by atoms with van der Waals surface area (Å²) in [5, 5.41) is 0.593. The van der Waals surface area contributed by atoms with E-state index in [1.807, 2.05) is 0 Å². The van der Waals surface area contributed by atoms with E-state index >= 15 is 0 Å². The fourth-order valence-electron chi connectivity index (χ4n) is 1.37. The summed E-state index contributed by atoms with van der Waals surface area (Å²) in [4.78, 5) is 0. The third kappa shape index (κ3) is 3.39. The molecule has 0 aromatic rings. The van der Waals surface area contributed by atoms with Crippen molar-refractivity contribution in [2.45, 2.75) is 52.0 Å². The number of rotatable bonds is 6. The van der Waals surface area contributed by atoms with Gasteiger partial charge in [0.25, 0.3) is 0 Å². The van der Waals surface area contributed by atoms with Gasteiger partial charge in [0, 0.05) is 6.61 Å². The Balaban J connectivity index is 3.84. The highest BCUT2D eigenvalue weighted by atomic mass is 28.2. The predicted octanol–water partition coefficient (Wildman–Crippen LogP) is 2.50. The molecule has 11 heavy (non-hydrogen) atoms. The van der Waals surface area contributed by atoms with Gasteiger partial charge in [0.05, 0.1) is 0 Å². The smallest absolute Gasteiger partial charge is 0.167 e. The molecule has 0 saturated carbocycles. The lowest BCUT2D eigenvalue weighted by Crippen LogP contribution is -2.20. The average molecular weight is 174 g/mol. The molecule has 0 bridgehead atoms. The van der Waals surface area contributed by atoms with Crippen LogP contribution in [0.2, 0.25) is 5.04 Å². The molecule has 0 unspecified atom stereocenters. The van der Waals surface area contributed by atoms with Gasteiger partial charge in [0.1, 0.15) is 0 Å². The molecule has 68 valence electrons. The molecule has 0 N–H and O–H groups in total. The van der Waals surface area contributed by atoms with Crippen LogP contribution in [0.4, 0.5) is 0 Å². The molecule has 0 saturated heterocycles. The highest BCUT2D eigenvalue weighted by molar-refractivity contribution is 6.32. The Morgan fingerprint density at radius 1 is 1.00 bits per heavy atom. The molecular formula is C9H22OSi. The molecule has 0 spiro atoms. The monoisotopic (exact) mass is 174 g/mol. The maximum Gasteiger partial charge on any atom is 0.167 e. The third-order valence-corrected chi connectivity index (χ3v) is 5.59. The molecule has 0 heterocycles. The fourth-order valence-corrected chi connectivity index (χ4v) is 2.62. The van der Waals surface area contributed by atoms with Crippen molar-refractivity contribution >= 4 is 9.76 Å². The SMILES string of the molecule is CCO[SiH2]C(CC)(CC)CC. The Bertz CT molecular complexity index is 81.3. The maximum atomic E-state index is 5.61. The summed E-state index contributed by atoms with van der Waals surface area (Å²) in [6.45, 7) is 9.88. The van der Waals surface area contributed by atoms with Crippen LogP contribution in [-0.2, 0) is 4.43 Å². The van der Waals surface area contributed by atoms with Gasteiger partial charge in [-0.15, -0.1) is 0 Å². The molecule has 0 aromatic heterocycles. The van der Waals surface area contributed by atoms with Crippen molar-refractivity contribution in [1.82, 2.24) is 0 Å². The van der Waals surface area contributed by atoms with Crippen LogP contribution in [0.1, 0.15) is 47.0 Å². The van der Waals surface area contributed by atoms with Crippen LogP contribution in [0.15, 0.2) is 0 Å². The molecule has 0 amide bonds. The lowest BCUT2D eigenvalue weighted by molar-refractivity contribution is 0.320. The van der Waals surface area contributed by atoms with E-state index in [0.29, 0.717) is 5.04 Å². The first-order valence-electron chi connectivity index (χ1n) is 4.82. The van der Waals surface area contributed by atoms with Crippen molar-refractivity contribution in [2.24, 2.45) is 0 Å². The van der Waals surface area contributed by atoms with E-state index in [9.17, 15) is 0 Å². The van der Waals surface area contributed by atoms with Gasteiger partial charge in [-0.3, -0.25) is 0 Å². The van der Waals surface area contributed by atoms with Gasteiger partial charge in [-0.05, 0) is 12.0 Å². The van der Waals surface area contributed by atoms with Gasteiger partial charge in [-0.25, -0.2) is 0 Å². The minimum absolute atomic E-state index is 0.282. The molecule has 0 aliphatic carbocycles. The van der Waals surface area contributed by atoms with E-state index in [1.54, 1.807) is 0 Å². The Kier molecular flexibility index (Phi) is 5.87. The van der Waals surface area contributed by atoms with Crippen molar-refractivity contribution in [3.8, 4) is 0 Å². The average Bonchev–Trinajstić information content (AvgIpc) is 2.08. The molecule has 0 rings (SSSR count). The quantitative estimate of drug-likeness (QED) is 0.562. The van der Waals surface area contributed by atoms with Crippen LogP contribution in [0.3, 0.4) is 0 Å². The summed E-state index contributed by atoms with van der Waals surface area (Å²) in [5.41, 5.74) is 0. The van der Waals surface area contributed by atoms with Crippen molar-refractivity contribution < 1.29 is 4.43 Å². The minimum Gasteiger partial charge on any atom is -0.424 e. The van der Waals surface area contributed by atoms with Crippen LogP contribution >= 0.6 is 0 Å². The molecular weight excluding hydrogens is 152 g/mol. The van der Waals surface area contributed by atoms with E-state index in [4.69, 9.17) is 4.43 Å². The van der Waals surface area contributed by atoms with Crippen molar-refractivity contribution in [2.75, 3.05) is 6.61 Å². The molecule has 0 aliphatic rings. The van der Waals surface area contributed by atoms with Crippen molar-refractivity contribution in [3.63, 3.8) is 0 Å². The lowest BCUT2D eigenvalue weighted by atomic mass is 9.99. The first-order chi connectivity index (χ1) is 5.24. The van der Waals surface area contributed by atoms with Gasteiger partial charge < -0.3 is 4.43 Å². The maximum absolute atomic E-state index is 5.61. The second kappa shape index (κ2) is 5.78. The van der Waals surface area contributed by atoms with Gasteiger partial charge in [-0.2, -0.15) is 0 Å². The first kappa shape index (κ1) is 11.2. The molecule has 0 radical (unpaired) electrons. The highest BCUT2D eigenvalue weighted by Crippen LogP contribution is 2.37. The zero-order chi connectivity index (χ0) is 8.74. The summed E-state index contributed by atoms with van der Waals surface area (Å²) < 4.78 is 5.61. The standard InChI is InChI=1S/C9H22OSi/c1-5-9(6-2,7-3)11-10-8-4/h5-8,11H2,1-4H3. The van der Waals surface area contributed by atoms with Crippen LogP contribution in [0, 0.1) is 0 Å². The molecule has 0 fully saturated rings. The Labute approximate surface area is 73.5 Å². The minimum atomic E-state index is -0.282. The van der Waals surface area contributed by atoms with E-state index in [0.717, 1.165) is 6.61 Å². The second-order valence-electron chi connectivity index (χ2n) is 3.20. The molecule has 0 aromatic carbocycles. The Morgan fingerprint density at radius 2 is 1.45 bits per heavy atom. The Morgan fingerprint density at radius 3 is 1.73 bits per heavy atom. The summed E-state index contributed by atoms with van der Waals surface area (Å²) in [7, 11) is -0.282. The normalized spacial score (nSPS) is 13.1. The summed E-state index contributed by atoms with van der Waals surface area (Å²) in [5.74, 6) is 0. The first-order valence-corrected chi connectivity index (χ1v) is 6.10. The largest absolute Gasteiger partial charge is 0.424 e. The zero-order valence-corrected chi connectivity index (χ0v) is 9.86. The predicted molar refractivity (Wildman–Crippen MR) is 53.7 cm³/mol. The zero-order valence-electron chi connectivity index (χ0n) is 8.44. The molecule has 1 nitrogen and oxygen atoms in total. The summed E-state index contributed by atoms with van der Waals surface area (Å²) in [6.07, 6.45) is 3.89. The van der Waals surface area contributed by atoms with E-state index < -0.39 is 0 Å².